The van der Waals surface area contributed by atoms with Crippen molar-refractivity contribution in [2.75, 3.05) is 13.2 Å². The van der Waals surface area contributed by atoms with Gasteiger partial charge in [-0.1, -0.05) is 51.1 Å². The minimum Gasteiger partial charge on any atom is -0.456 e. The molecule has 18 heteroatoms. The predicted octanol–water partition coefficient (Wildman–Crippen LogP) is 3.13. The summed E-state index contributed by atoms with van der Waals surface area (Å²) >= 11 is 0. The molecule has 1 aromatic carbocycles. The van der Waals surface area contributed by atoms with Crippen LogP contribution in [0.1, 0.15) is 83.9 Å². The normalized spacial score (nSPS) is 34.3. The number of nitrogens with zero attached hydrogens (tertiary/aromatic N) is 1. The monoisotopic (exact) mass is 882 g/mol. The van der Waals surface area contributed by atoms with E-state index in [0.717, 1.165) is 6.07 Å². The van der Waals surface area contributed by atoms with Crippen LogP contribution in [0.5, 0.6) is 0 Å². The van der Waals surface area contributed by atoms with E-state index in [4.69, 9.17) is 33.2 Å². The van der Waals surface area contributed by atoms with Crippen LogP contribution >= 0.6 is 0 Å². The Balaban J connectivity index is 1.39. The SMILES string of the molecule is CC(=O)O[C@@]12CO[C@@H]1C=C[C@]1(C)C2[C@H](OC(=O)c2ccccc2)[C@]2(O)C[C@H](OC(=O)[C@H](O)[C@@H](NC(=O)OC(C)(C)C)c3ncccc3F)C(C)=C([C@H]3O[C@@H](C(O)CO)O[C@H]31)C2(C)C. The van der Waals surface area contributed by atoms with Gasteiger partial charge in [0.25, 0.3) is 0 Å². The summed E-state index contributed by atoms with van der Waals surface area (Å²) in [6.45, 7) is 11.7. The molecular weight excluding hydrogens is 827 g/mol. The van der Waals surface area contributed by atoms with Crippen molar-refractivity contribution < 1.29 is 77.2 Å². The first-order valence-corrected chi connectivity index (χ1v) is 20.8. The van der Waals surface area contributed by atoms with Gasteiger partial charge < -0.3 is 58.9 Å². The number of benzene rings is 1. The zero-order valence-corrected chi connectivity index (χ0v) is 36.3. The van der Waals surface area contributed by atoms with Gasteiger partial charge in [0.2, 0.25) is 0 Å². The molecule has 2 aliphatic heterocycles. The Morgan fingerprint density at radius 3 is 2.33 bits per heavy atom. The number of aliphatic hydroxyl groups is 4. The first kappa shape index (κ1) is 46.2. The molecule has 17 nitrogen and oxygen atoms in total. The smallest absolute Gasteiger partial charge is 0.408 e. The van der Waals surface area contributed by atoms with E-state index in [1.54, 1.807) is 78.8 Å². The first-order valence-electron chi connectivity index (χ1n) is 20.8. The van der Waals surface area contributed by atoms with E-state index in [0.29, 0.717) is 11.1 Å². The van der Waals surface area contributed by atoms with Crippen molar-refractivity contribution in [3.05, 3.63) is 89.0 Å². The van der Waals surface area contributed by atoms with Gasteiger partial charge in [-0.15, -0.1) is 0 Å². The number of fused-ring (bicyclic) bond motifs is 8. The second kappa shape index (κ2) is 16.6. The highest BCUT2D eigenvalue weighted by atomic mass is 19.1. The van der Waals surface area contributed by atoms with Crippen molar-refractivity contribution in [1.29, 1.82) is 0 Å². The Labute approximate surface area is 363 Å². The number of aromatic nitrogens is 1. The fraction of sp³-hybridized carbons (Fsp3) is 0.578. The molecule has 3 fully saturated rings. The zero-order chi connectivity index (χ0) is 46.0. The van der Waals surface area contributed by atoms with Crippen molar-refractivity contribution >= 4 is 24.0 Å². The molecule has 2 aromatic rings. The van der Waals surface area contributed by atoms with Gasteiger partial charge in [-0.2, -0.15) is 0 Å². The largest absolute Gasteiger partial charge is 0.456 e. The molecule has 3 heterocycles. The summed E-state index contributed by atoms with van der Waals surface area (Å²) in [5.41, 5.74) is -7.50. The number of ether oxygens (including phenoxy) is 7. The highest BCUT2D eigenvalue weighted by molar-refractivity contribution is 5.89. The lowest BCUT2D eigenvalue weighted by atomic mass is 9.46. The van der Waals surface area contributed by atoms with Crippen LogP contribution in [-0.2, 0) is 42.7 Å². The topological polar surface area (TPSA) is 239 Å². The molecule has 2 unspecified atom stereocenters. The Kier molecular flexibility index (Phi) is 12.2. The van der Waals surface area contributed by atoms with E-state index in [1.165, 1.54) is 31.3 Å². The van der Waals surface area contributed by atoms with Crippen molar-refractivity contribution in [2.45, 2.75) is 134 Å². The molecule has 2 bridgehead atoms. The molecule has 0 radical (unpaired) electrons. The average Bonchev–Trinajstić information content (AvgIpc) is 3.65. The summed E-state index contributed by atoms with van der Waals surface area (Å²) in [4.78, 5) is 58.7. The lowest BCUT2D eigenvalue weighted by Crippen LogP contribution is -2.78. The standard InChI is InChI=1S/C45H55FN2O15/c1-22-27(58-38(54)32(52)31(30-25(46)15-12-18-47-30)48-40(55)63-41(3,4)5)19-45(56)36(60-37(53)24-13-10-9-11-14-24)34-43(8,17-16-28-44(34,21-57-28)62-23(2)50)35-33(29(22)42(45,6)7)59-39(61-35)26(51)20-49/h9-18,26-28,31-36,39,49,51-52,56H,19-21H2,1-8H3,(H,48,55)/t26?,27-,28+,31-,32+,33+,34?,35+,36-,39+,43+,44-,45+/m0/s1. The number of rotatable bonds is 10. The fourth-order valence-electron chi connectivity index (χ4n) is 10.1. The third-order valence-electron chi connectivity index (χ3n) is 13.1. The average molecular weight is 883 g/mol. The number of amides is 1. The van der Waals surface area contributed by atoms with E-state index < -0.39 is 137 Å². The molecule has 1 aromatic heterocycles. The summed E-state index contributed by atoms with van der Waals surface area (Å²) in [7, 11) is 0. The number of alkyl carbamates (subject to hydrolysis) is 1. The lowest BCUT2D eigenvalue weighted by molar-refractivity contribution is -0.317. The van der Waals surface area contributed by atoms with Crippen molar-refractivity contribution in [2.24, 2.45) is 16.7 Å². The summed E-state index contributed by atoms with van der Waals surface area (Å²) < 4.78 is 58.4. The van der Waals surface area contributed by atoms with Crippen LogP contribution < -0.4 is 5.32 Å². The van der Waals surface area contributed by atoms with Gasteiger partial charge in [0.15, 0.2) is 18.0 Å². The summed E-state index contributed by atoms with van der Waals surface area (Å²) in [6, 6.07) is 8.49. The molecule has 0 spiro atoms. The van der Waals surface area contributed by atoms with Crippen molar-refractivity contribution in [1.82, 2.24) is 10.3 Å². The predicted molar refractivity (Wildman–Crippen MR) is 215 cm³/mol. The van der Waals surface area contributed by atoms with E-state index in [9.17, 15) is 39.6 Å². The van der Waals surface area contributed by atoms with Gasteiger partial charge in [0.1, 0.15) is 65.4 Å². The minimum atomic E-state index is -2.31. The third kappa shape index (κ3) is 7.93. The Morgan fingerprint density at radius 1 is 1.03 bits per heavy atom. The van der Waals surface area contributed by atoms with Crippen LogP contribution in [0.3, 0.4) is 0 Å². The molecule has 342 valence electrons. The number of aliphatic hydroxyl groups excluding tert-OH is 3. The van der Waals surface area contributed by atoms with Crippen molar-refractivity contribution in [3.8, 4) is 0 Å². The van der Waals surface area contributed by atoms with Gasteiger partial charge in [-0.05, 0) is 63.1 Å². The summed E-state index contributed by atoms with van der Waals surface area (Å²) in [5, 5.41) is 48.8. The van der Waals surface area contributed by atoms with Crippen LogP contribution in [0.2, 0.25) is 0 Å². The molecule has 13 atom stereocenters. The van der Waals surface area contributed by atoms with Gasteiger partial charge >= 0.3 is 24.0 Å². The third-order valence-corrected chi connectivity index (χ3v) is 13.1. The minimum absolute atomic E-state index is 0.126. The fourth-order valence-corrected chi connectivity index (χ4v) is 10.1. The van der Waals surface area contributed by atoms with Crippen LogP contribution in [0, 0.1) is 22.6 Å². The molecule has 1 saturated carbocycles. The second-order valence-corrected chi connectivity index (χ2v) is 18.6. The summed E-state index contributed by atoms with van der Waals surface area (Å²) in [5.74, 6) is -5.08. The number of pyridine rings is 1. The summed E-state index contributed by atoms with van der Waals surface area (Å²) in [6.07, 6.45) is -8.53. The van der Waals surface area contributed by atoms with Crippen LogP contribution in [0.4, 0.5) is 9.18 Å². The van der Waals surface area contributed by atoms with Gasteiger partial charge in [-0.25, -0.2) is 18.8 Å². The number of carbonyl (C=O) groups excluding carboxylic acids is 4. The Morgan fingerprint density at radius 2 is 1.73 bits per heavy atom. The van der Waals surface area contributed by atoms with E-state index in [1.807, 2.05) is 0 Å². The van der Waals surface area contributed by atoms with E-state index in [2.05, 4.69) is 10.3 Å². The molecule has 7 rings (SSSR count). The quantitative estimate of drug-likeness (QED) is 0.131. The number of esters is 3. The maximum absolute atomic E-state index is 15.3. The number of carbonyl (C=O) groups is 4. The molecule has 2 saturated heterocycles. The van der Waals surface area contributed by atoms with Gasteiger partial charge in [-0.3, -0.25) is 9.78 Å². The number of hydrogen-bond donors (Lipinski definition) is 5. The van der Waals surface area contributed by atoms with Crippen LogP contribution in [0.25, 0.3) is 0 Å². The molecular formula is C45H55FN2O15. The maximum atomic E-state index is 15.3. The van der Waals surface area contributed by atoms with Gasteiger partial charge in [0.05, 0.1) is 24.7 Å². The molecule has 5 N–H and O–H groups in total. The van der Waals surface area contributed by atoms with Crippen LogP contribution in [-0.4, -0.2) is 128 Å². The number of halogens is 1. The Bertz CT molecular complexity index is 2180. The van der Waals surface area contributed by atoms with Crippen LogP contribution in [0.15, 0.2) is 72.0 Å². The number of nitrogens with one attached hydrogen (secondary N) is 1. The zero-order valence-electron chi connectivity index (χ0n) is 36.3. The van der Waals surface area contributed by atoms with E-state index in [-0.39, 0.29) is 12.2 Å². The molecule has 5 aliphatic rings. The molecule has 63 heavy (non-hydrogen) atoms. The van der Waals surface area contributed by atoms with Crippen molar-refractivity contribution in [3.63, 3.8) is 0 Å². The lowest BCUT2D eigenvalue weighted by Gasteiger charge is -2.66. The molecule has 3 aliphatic carbocycles. The first-order chi connectivity index (χ1) is 29.5. The van der Waals surface area contributed by atoms with E-state index >= 15 is 4.39 Å². The van der Waals surface area contributed by atoms with Gasteiger partial charge in [0, 0.05) is 30.4 Å². The maximum Gasteiger partial charge on any atom is 0.408 e. The molecule has 1 amide bonds. The Hall–Kier alpha value is -4.82. The highest BCUT2D eigenvalue weighted by Gasteiger charge is 2.76. The number of hydrogen-bond acceptors (Lipinski definition) is 16. The highest BCUT2D eigenvalue weighted by Crippen LogP contribution is 2.65. The second-order valence-electron chi connectivity index (χ2n) is 18.6.